The average molecular weight is 461 g/mol. The van der Waals surface area contributed by atoms with Crippen LogP contribution in [0.4, 0.5) is 13.2 Å². The highest BCUT2D eigenvalue weighted by Gasteiger charge is 2.38. The molecular weight excluding hydrogens is 429 g/mol. The van der Waals surface area contributed by atoms with Crippen molar-refractivity contribution in [2.75, 3.05) is 39.5 Å². The summed E-state index contributed by atoms with van der Waals surface area (Å²) in [5.74, 6) is -1.06. The van der Waals surface area contributed by atoms with E-state index in [4.69, 9.17) is 4.74 Å². The third-order valence-corrected chi connectivity index (χ3v) is 7.18. The smallest absolute Gasteiger partial charge is 0.381 e. The summed E-state index contributed by atoms with van der Waals surface area (Å²) >= 11 is 0. The van der Waals surface area contributed by atoms with E-state index in [0.29, 0.717) is 51.2 Å². The molecule has 2 fully saturated rings. The number of hydrogen-bond acceptors (Lipinski definition) is 6. The summed E-state index contributed by atoms with van der Waals surface area (Å²) in [6, 6.07) is 0. The first-order valence-corrected chi connectivity index (χ1v) is 11.8. The molecule has 2 aliphatic rings. The van der Waals surface area contributed by atoms with E-state index >= 15 is 0 Å². The molecule has 0 atom stereocenters. The molecular formula is C18H31F3N2O6S. The first kappa shape index (κ1) is 25.3. The minimum atomic E-state index is -4.30. The average Bonchev–Trinajstić information content (AvgIpc) is 2.72. The van der Waals surface area contributed by atoms with Gasteiger partial charge in [-0.25, -0.2) is 0 Å². The Labute approximate surface area is 175 Å². The standard InChI is InChI=1S/C18H31F3N2O6S/c19-18(20,21)14-29-11-3-1-2-4-15-5-9-22(10-6-15)30(26,27)23(25)17(24)16-7-12-28-13-8-16/h15-16,25H,1-14H2. The van der Waals surface area contributed by atoms with E-state index in [1.807, 2.05) is 0 Å². The van der Waals surface area contributed by atoms with E-state index in [9.17, 15) is 31.6 Å². The Bertz CT molecular complexity index is 632. The molecule has 0 aromatic rings. The number of rotatable bonds is 10. The van der Waals surface area contributed by atoms with Gasteiger partial charge in [0.2, 0.25) is 0 Å². The largest absolute Gasteiger partial charge is 0.411 e. The Morgan fingerprint density at radius 1 is 1.10 bits per heavy atom. The number of hydrogen-bond donors (Lipinski definition) is 1. The third-order valence-electron chi connectivity index (χ3n) is 5.54. The minimum Gasteiger partial charge on any atom is -0.381 e. The zero-order chi connectivity index (χ0) is 22.2. The molecule has 0 aromatic carbocycles. The van der Waals surface area contributed by atoms with E-state index in [1.54, 1.807) is 0 Å². The van der Waals surface area contributed by atoms with Gasteiger partial charge in [0, 0.05) is 38.8 Å². The van der Waals surface area contributed by atoms with Crippen LogP contribution in [0.1, 0.15) is 51.4 Å². The fraction of sp³-hybridized carbons (Fsp3) is 0.944. The van der Waals surface area contributed by atoms with E-state index in [1.165, 1.54) is 0 Å². The van der Waals surface area contributed by atoms with Crippen LogP contribution in [0, 0.1) is 11.8 Å². The lowest BCUT2D eigenvalue weighted by Crippen LogP contribution is -2.50. The Hall–Kier alpha value is -0.950. The van der Waals surface area contributed by atoms with Crippen LogP contribution in [-0.2, 0) is 24.5 Å². The van der Waals surface area contributed by atoms with Gasteiger partial charge in [-0.15, -0.1) is 0 Å². The molecule has 1 N–H and O–H groups in total. The molecule has 2 saturated heterocycles. The molecule has 2 rings (SSSR count). The lowest BCUT2D eigenvalue weighted by Gasteiger charge is -2.33. The van der Waals surface area contributed by atoms with Gasteiger partial charge in [0.15, 0.2) is 0 Å². The first-order valence-electron chi connectivity index (χ1n) is 10.4. The van der Waals surface area contributed by atoms with Crippen molar-refractivity contribution in [2.45, 2.75) is 57.5 Å². The van der Waals surface area contributed by atoms with Crippen molar-refractivity contribution in [1.29, 1.82) is 0 Å². The number of carbonyl (C=O) groups excluding carboxylic acids is 1. The van der Waals surface area contributed by atoms with Gasteiger partial charge in [-0.1, -0.05) is 23.7 Å². The Morgan fingerprint density at radius 2 is 1.73 bits per heavy atom. The highest BCUT2D eigenvalue weighted by molar-refractivity contribution is 7.87. The third kappa shape index (κ3) is 7.95. The number of nitrogens with zero attached hydrogens (tertiary/aromatic N) is 2. The maximum atomic E-state index is 12.6. The molecule has 0 radical (unpaired) electrons. The number of unbranched alkanes of at least 4 members (excludes halogenated alkanes) is 2. The molecule has 0 aromatic heterocycles. The van der Waals surface area contributed by atoms with Gasteiger partial charge in [-0.2, -0.15) is 25.9 Å². The van der Waals surface area contributed by atoms with Crippen molar-refractivity contribution >= 4 is 16.1 Å². The van der Waals surface area contributed by atoms with Crippen LogP contribution >= 0.6 is 0 Å². The van der Waals surface area contributed by atoms with Crippen LogP contribution in [0.3, 0.4) is 0 Å². The molecule has 1 amide bonds. The van der Waals surface area contributed by atoms with Crippen molar-refractivity contribution in [1.82, 2.24) is 8.77 Å². The second-order valence-corrected chi connectivity index (χ2v) is 9.59. The number of piperidine rings is 1. The van der Waals surface area contributed by atoms with Crippen molar-refractivity contribution < 1.29 is 41.1 Å². The van der Waals surface area contributed by atoms with Gasteiger partial charge in [0.1, 0.15) is 6.61 Å². The van der Waals surface area contributed by atoms with Gasteiger partial charge in [0.05, 0.1) is 0 Å². The van der Waals surface area contributed by atoms with Gasteiger partial charge in [-0.05, 0) is 38.0 Å². The Balaban J connectivity index is 1.66. The van der Waals surface area contributed by atoms with Crippen molar-refractivity contribution in [3.05, 3.63) is 0 Å². The van der Waals surface area contributed by atoms with Crippen LogP contribution in [0.5, 0.6) is 0 Å². The zero-order valence-electron chi connectivity index (χ0n) is 17.0. The summed E-state index contributed by atoms with van der Waals surface area (Å²) in [6.07, 6.45) is 0.694. The molecule has 0 saturated carbocycles. The second-order valence-electron chi connectivity index (χ2n) is 7.84. The summed E-state index contributed by atoms with van der Waals surface area (Å²) in [5.41, 5.74) is 0. The lowest BCUT2D eigenvalue weighted by atomic mass is 9.92. The molecule has 0 bridgehead atoms. The number of halogens is 3. The Kier molecular flexibility index (Phi) is 9.79. The first-order chi connectivity index (χ1) is 14.1. The van der Waals surface area contributed by atoms with Crippen LogP contribution in [0.2, 0.25) is 0 Å². The van der Waals surface area contributed by atoms with Crippen molar-refractivity contribution in [2.24, 2.45) is 11.8 Å². The summed E-state index contributed by atoms with van der Waals surface area (Å²) in [5, 5.41) is 10.0. The molecule has 176 valence electrons. The van der Waals surface area contributed by atoms with E-state index in [2.05, 4.69) is 4.74 Å². The van der Waals surface area contributed by atoms with E-state index < -0.39 is 34.8 Å². The molecule has 0 aliphatic carbocycles. The zero-order valence-corrected chi connectivity index (χ0v) is 17.8. The molecule has 12 heteroatoms. The summed E-state index contributed by atoms with van der Waals surface area (Å²) < 4.78 is 71.8. The predicted molar refractivity (Wildman–Crippen MR) is 101 cm³/mol. The Morgan fingerprint density at radius 3 is 2.33 bits per heavy atom. The predicted octanol–water partition coefficient (Wildman–Crippen LogP) is 2.73. The van der Waals surface area contributed by atoms with E-state index in [0.717, 1.165) is 23.6 Å². The number of ether oxygens (including phenoxy) is 2. The lowest BCUT2D eigenvalue weighted by molar-refractivity contribution is -0.174. The molecule has 2 heterocycles. The molecule has 30 heavy (non-hydrogen) atoms. The highest BCUT2D eigenvalue weighted by Crippen LogP contribution is 2.26. The quantitative estimate of drug-likeness (QED) is 0.306. The maximum Gasteiger partial charge on any atom is 0.411 e. The molecule has 2 aliphatic heterocycles. The number of carbonyl (C=O) groups is 1. The van der Waals surface area contributed by atoms with Crippen LogP contribution in [0.15, 0.2) is 0 Å². The van der Waals surface area contributed by atoms with Crippen molar-refractivity contribution in [3.8, 4) is 0 Å². The molecule has 8 nitrogen and oxygen atoms in total. The van der Waals surface area contributed by atoms with Gasteiger partial charge in [0.25, 0.3) is 5.91 Å². The van der Waals surface area contributed by atoms with Crippen LogP contribution < -0.4 is 0 Å². The molecule has 0 spiro atoms. The van der Waals surface area contributed by atoms with Crippen molar-refractivity contribution in [3.63, 3.8) is 0 Å². The summed E-state index contributed by atoms with van der Waals surface area (Å²) in [6.45, 7) is 0.0242. The minimum absolute atomic E-state index is 0.0731. The van der Waals surface area contributed by atoms with Gasteiger partial charge in [-0.3, -0.25) is 10.0 Å². The van der Waals surface area contributed by atoms with Crippen LogP contribution in [0.25, 0.3) is 0 Å². The number of alkyl halides is 3. The topological polar surface area (TPSA) is 96.4 Å². The van der Waals surface area contributed by atoms with E-state index in [-0.39, 0.29) is 24.2 Å². The van der Waals surface area contributed by atoms with Gasteiger partial charge < -0.3 is 9.47 Å². The number of hydroxylamine groups is 1. The maximum absolute atomic E-state index is 12.6. The fourth-order valence-electron chi connectivity index (χ4n) is 3.75. The molecule has 0 unspecified atom stereocenters. The SMILES string of the molecule is O=C(C1CCOCC1)N(O)S(=O)(=O)N1CCC(CCCCCOCC(F)(F)F)CC1. The second kappa shape index (κ2) is 11.6. The summed E-state index contributed by atoms with van der Waals surface area (Å²) in [4.78, 5) is 12.3. The number of amides is 1. The fourth-order valence-corrected chi connectivity index (χ4v) is 5.02. The monoisotopic (exact) mass is 460 g/mol. The normalized spacial score (nSPS) is 20.4. The summed E-state index contributed by atoms with van der Waals surface area (Å²) in [7, 11) is -4.26. The highest BCUT2D eigenvalue weighted by atomic mass is 32.2. The van der Waals surface area contributed by atoms with Gasteiger partial charge >= 0.3 is 16.4 Å². The van der Waals surface area contributed by atoms with Crippen LogP contribution in [-0.4, -0.2) is 74.0 Å².